The van der Waals surface area contributed by atoms with Gasteiger partial charge in [0.25, 0.3) is 0 Å². The first kappa shape index (κ1) is 7.69. The largest absolute Gasteiger partial charge is 0.348 e. The van der Waals surface area contributed by atoms with Crippen molar-refractivity contribution in [1.29, 1.82) is 0 Å². The predicted molar refractivity (Wildman–Crippen MR) is 52.6 cm³/mol. The zero-order valence-corrected chi connectivity index (χ0v) is 7.46. The minimum atomic E-state index is 0.793. The summed E-state index contributed by atoms with van der Waals surface area (Å²) in [5.74, 6) is 0. The number of hydrogen-bond donors (Lipinski definition) is 0. The molecule has 0 spiro atoms. The highest BCUT2D eigenvalue weighted by Crippen LogP contribution is 2.20. The Hall–Kier alpha value is -0.950. The lowest BCUT2D eigenvalue weighted by Gasteiger charge is -2.14. The van der Waals surface area contributed by atoms with Gasteiger partial charge < -0.3 is 4.90 Å². The zero-order chi connectivity index (χ0) is 8.39. The molecule has 2 heteroatoms. The molecule has 1 aromatic rings. The van der Waals surface area contributed by atoms with Crippen molar-refractivity contribution >= 4 is 17.3 Å². The summed E-state index contributed by atoms with van der Waals surface area (Å²) in [6.07, 6.45) is 5.43. The predicted octanol–water partition coefficient (Wildman–Crippen LogP) is 3.06. The lowest BCUT2D eigenvalue weighted by atomic mass is 10.3. The van der Waals surface area contributed by atoms with Crippen molar-refractivity contribution in [2.75, 3.05) is 11.4 Å². The van der Waals surface area contributed by atoms with Gasteiger partial charge in [0.15, 0.2) is 0 Å². The second-order valence-electron chi connectivity index (χ2n) is 2.84. The molecule has 2 rings (SSSR count). The van der Waals surface area contributed by atoms with Crippen LogP contribution in [0.15, 0.2) is 36.5 Å². The van der Waals surface area contributed by atoms with Crippen molar-refractivity contribution in [3.63, 3.8) is 0 Å². The Morgan fingerprint density at radius 1 is 1.17 bits per heavy atom. The first-order chi connectivity index (χ1) is 5.86. The third kappa shape index (κ3) is 1.46. The van der Waals surface area contributed by atoms with E-state index in [1.165, 1.54) is 5.69 Å². The summed E-state index contributed by atoms with van der Waals surface area (Å²) in [6, 6.07) is 7.92. The van der Waals surface area contributed by atoms with Gasteiger partial charge in [-0.3, -0.25) is 0 Å². The van der Waals surface area contributed by atoms with E-state index < -0.39 is 0 Å². The van der Waals surface area contributed by atoms with Gasteiger partial charge in [0.1, 0.15) is 0 Å². The van der Waals surface area contributed by atoms with Gasteiger partial charge in [-0.15, -0.1) is 0 Å². The molecule has 0 radical (unpaired) electrons. The number of anilines is 1. The Kier molecular flexibility index (Phi) is 2.05. The van der Waals surface area contributed by atoms with Crippen LogP contribution in [-0.4, -0.2) is 6.54 Å². The SMILES string of the molecule is Clc1ccc(N2C=CCC2)cc1. The van der Waals surface area contributed by atoms with Gasteiger partial charge in [0.05, 0.1) is 0 Å². The van der Waals surface area contributed by atoms with E-state index in [9.17, 15) is 0 Å². The van der Waals surface area contributed by atoms with E-state index in [1.54, 1.807) is 0 Å². The van der Waals surface area contributed by atoms with E-state index in [2.05, 4.69) is 17.2 Å². The Bertz CT molecular complexity index is 289. The number of benzene rings is 1. The molecule has 1 aromatic carbocycles. The first-order valence-corrected chi connectivity index (χ1v) is 4.43. The molecule has 12 heavy (non-hydrogen) atoms. The molecule has 0 aromatic heterocycles. The smallest absolute Gasteiger partial charge is 0.0407 e. The van der Waals surface area contributed by atoms with Gasteiger partial charge in [-0.05, 0) is 30.7 Å². The van der Waals surface area contributed by atoms with E-state index in [1.807, 2.05) is 24.3 Å². The van der Waals surface area contributed by atoms with Gasteiger partial charge in [-0.25, -0.2) is 0 Å². The third-order valence-electron chi connectivity index (χ3n) is 1.98. The molecule has 62 valence electrons. The van der Waals surface area contributed by atoms with E-state index in [-0.39, 0.29) is 0 Å². The molecule has 0 saturated heterocycles. The molecule has 0 unspecified atom stereocenters. The molecule has 0 amide bonds. The number of halogens is 1. The molecule has 0 N–H and O–H groups in total. The first-order valence-electron chi connectivity index (χ1n) is 4.05. The summed E-state index contributed by atoms with van der Waals surface area (Å²) in [5.41, 5.74) is 1.22. The van der Waals surface area contributed by atoms with Crippen LogP contribution >= 0.6 is 11.6 Å². The van der Waals surface area contributed by atoms with Crippen molar-refractivity contribution < 1.29 is 0 Å². The summed E-state index contributed by atoms with van der Waals surface area (Å²) in [5, 5.41) is 0.793. The average molecular weight is 180 g/mol. The fourth-order valence-electron chi connectivity index (χ4n) is 1.34. The molecule has 1 nitrogen and oxygen atoms in total. The molecule has 0 fully saturated rings. The van der Waals surface area contributed by atoms with Crippen LogP contribution in [-0.2, 0) is 0 Å². The van der Waals surface area contributed by atoms with Gasteiger partial charge >= 0.3 is 0 Å². The highest BCUT2D eigenvalue weighted by atomic mass is 35.5. The Labute approximate surface area is 77.3 Å². The van der Waals surface area contributed by atoms with Gasteiger partial charge in [0, 0.05) is 23.5 Å². The van der Waals surface area contributed by atoms with Gasteiger partial charge in [-0.1, -0.05) is 17.7 Å². The fourth-order valence-corrected chi connectivity index (χ4v) is 1.46. The minimum absolute atomic E-state index is 0.793. The van der Waals surface area contributed by atoms with Crippen LogP contribution in [0.25, 0.3) is 0 Å². The molecular weight excluding hydrogens is 170 g/mol. The van der Waals surface area contributed by atoms with Crippen LogP contribution in [0, 0.1) is 0 Å². The minimum Gasteiger partial charge on any atom is -0.348 e. The average Bonchev–Trinajstić information content (AvgIpc) is 2.58. The maximum atomic E-state index is 5.78. The van der Waals surface area contributed by atoms with Crippen LogP contribution < -0.4 is 4.90 Å². The van der Waals surface area contributed by atoms with Crippen LogP contribution in [0.3, 0.4) is 0 Å². The zero-order valence-electron chi connectivity index (χ0n) is 6.70. The molecule has 0 aliphatic carbocycles. The Morgan fingerprint density at radius 3 is 2.50 bits per heavy atom. The number of nitrogens with zero attached hydrogens (tertiary/aromatic N) is 1. The summed E-state index contributed by atoms with van der Waals surface area (Å²) >= 11 is 5.78. The van der Waals surface area contributed by atoms with Crippen LogP contribution in [0.1, 0.15) is 6.42 Å². The maximum Gasteiger partial charge on any atom is 0.0407 e. The fraction of sp³-hybridized carbons (Fsp3) is 0.200. The van der Waals surface area contributed by atoms with Gasteiger partial charge in [-0.2, -0.15) is 0 Å². The monoisotopic (exact) mass is 179 g/mol. The van der Waals surface area contributed by atoms with Crippen LogP contribution in [0.2, 0.25) is 5.02 Å². The summed E-state index contributed by atoms with van der Waals surface area (Å²) < 4.78 is 0. The number of rotatable bonds is 1. The molecule has 0 saturated carbocycles. The van der Waals surface area contributed by atoms with Crippen molar-refractivity contribution in [3.05, 3.63) is 41.6 Å². The van der Waals surface area contributed by atoms with Crippen LogP contribution in [0.4, 0.5) is 5.69 Å². The second kappa shape index (κ2) is 3.20. The molecule has 1 heterocycles. The highest BCUT2D eigenvalue weighted by Gasteiger charge is 2.05. The summed E-state index contributed by atoms with van der Waals surface area (Å²) in [6.45, 7) is 1.08. The molecular formula is C10H10ClN. The topological polar surface area (TPSA) is 3.24 Å². The van der Waals surface area contributed by atoms with Crippen molar-refractivity contribution in [1.82, 2.24) is 0 Å². The summed E-state index contributed by atoms with van der Waals surface area (Å²) in [4.78, 5) is 2.22. The lowest BCUT2D eigenvalue weighted by Crippen LogP contribution is -2.11. The summed E-state index contributed by atoms with van der Waals surface area (Å²) in [7, 11) is 0. The standard InChI is InChI=1S/C10H10ClN/c11-9-3-5-10(6-4-9)12-7-1-2-8-12/h1,3-7H,2,8H2. The second-order valence-corrected chi connectivity index (χ2v) is 3.28. The quantitative estimate of drug-likeness (QED) is 0.641. The lowest BCUT2D eigenvalue weighted by molar-refractivity contribution is 1.000. The van der Waals surface area contributed by atoms with Gasteiger partial charge in [0.2, 0.25) is 0 Å². The van der Waals surface area contributed by atoms with E-state index >= 15 is 0 Å². The maximum absolute atomic E-state index is 5.78. The van der Waals surface area contributed by atoms with E-state index in [0.717, 1.165) is 18.0 Å². The molecule has 0 bridgehead atoms. The van der Waals surface area contributed by atoms with E-state index in [0.29, 0.717) is 0 Å². The van der Waals surface area contributed by atoms with Crippen LogP contribution in [0.5, 0.6) is 0 Å². The van der Waals surface area contributed by atoms with Crippen molar-refractivity contribution in [2.45, 2.75) is 6.42 Å². The highest BCUT2D eigenvalue weighted by molar-refractivity contribution is 6.30. The molecule has 1 aliphatic rings. The Balaban J connectivity index is 2.23. The Morgan fingerprint density at radius 2 is 1.92 bits per heavy atom. The third-order valence-corrected chi connectivity index (χ3v) is 2.23. The van der Waals surface area contributed by atoms with Crippen molar-refractivity contribution in [2.24, 2.45) is 0 Å². The van der Waals surface area contributed by atoms with E-state index in [4.69, 9.17) is 11.6 Å². The molecule has 0 atom stereocenters. The molecule has 1 aliphatic heterocycles. The normalized spacial score (nSPS) is 15.6. The number of hydrogen-bond acceptors (Lipinski definition) is 1. The van der Waals surface area contributed by atoms with Crippen molar-refractivity contribution in [3.8, 4) is 0 Å².